The van der Waals surface area contributed by atoms with E-state index in [1.807, 2.05) is 0 Å². The van der Waals surface area contributed by atoms with Crippen LogP contribution in [0.25, 0.3) is 0 Å². The molecule has 0 saturated carbocycles. The number of aliphatic hydroxyl groups is 1. The van der Waals surface area contributed by atoms with E-state index in [4.69, 9.17) is 22.4 Å². The summed E-state index contributed by atoms with van der Waals surface area (Å²) < 4.78 is 38.6. The number of alkyl halides is 3. The van der Waals surface area contributed by atoms with Gasteiger partial charge >= 0.3 is 6.18 Å². The Kier molecular flexibility index (Phi) is 6.33. The molecule has 126 valence electrons. The molecule has 0 saturated heterocycles. The Balaban J connectivity index is 2.29. The molecule has 0 fully saturated rings. The van der Waals surface area contributed by atoms with Gasteiger partial charge in [-0.2, -0.15) is 13.2 Å². The summed E-state index contributed by atoms with van der Waals surface area (Å²) in [7, 11) is 0. The number of hydrogen-bond donors (Lipinski definition) is 2. The van der Waals surface area contributed by atoms with E-state index < -0.39 is 17.8 Å². The van der Waals surface area contributed by atoms with Gasteiger partial charge in [0.2, 0.25) is 0 Å². The number of thioether (sulfide) groups is 1. The molecule has 0 aliphatic heterocycles. The third kappa shape index (κ3) is 5.09. The SMILES string of the molecule is N[C@H](CO)C[C@@H](Sc1cc(C(F)(F)F)ccc1Cl)c1cncs1. The Morgan fingerprint density at radius 2 is 2.13 bits per heavy atom. The summed E-state index contributed by atoms with van der Waals surface area (Å²) in [5, 5.41) is 9.15. The highest BCUT2D eigenvalue weighted by molar-refractivity contribution is 7.99. The lowest BCUT2D eigenvalue weighted by Crippen LogP contribution is -2.25. The molecule has 2 atom stereocenters. The van der Waals surface area contributed by atoms with Crippen molar-refractivity contribution in [2.45, 2.75) is 28.8 Å². The fourth-order valence-corrected chi connectivity index (χ4v) is 4.26. The molecule has 0 radical (unpaired) electrons. The van der Waals surface area contributed by atoms with Crippen molar-refractivity contribution < 1.29 is 18.3 Å². The van der Waals surface area contributed by atoms with Crippen LogP contribution >= 0.6 is 34.7 Å². The predicted molar refractivity (Wildman–Crippen MR) is 86.8 cm³/mol. The Hall–Kier alpha value is -0.800. The average Bonchev–Trinajstić information content (AvgIpc) is 3.01. The van der Waals surface area contributed by atoms with Crippen molar-refractivity contribution in [3.05, 3.63) is 45.4 Å². The van der Waals surface area contributed by atoms with Crippen molar-refractivity contribution >= 4 is 34.7 Å². The van der Waals surface area contributed by atoms with Crippen LogP contribution in [0.1, 0.15) is 22.1 Å². The van der Waals surface area contributed by atoms with Gasteiger partial charge in [0.1, 0.15) is 0 Å². The second kappa shape index (κ2) is 7.85. The van der Waals surface area contributed by atoms with Gasteiger partial charge in [-0.3, -0.25) is 4.98 Å². The zero-order valence-corrected chi connectivity index (χ0v) is 14.1. The molecule has 0 unspecified atom stereocenters. The van der Waals surface area contributed by atoms with Crippen LogP contribution < -0.4 is 5.73 Å². The van der Waals surface area contributed by atoms with E-state index in [-0.39, 0.29) is 16.9 Å². The maximum Gasteiger partial charge on any atom is 0.416 e. The molecule has 1 heterocycles. The van der Waals surface area contributed by atoms with Gasteiger partial charge in [-0.05, 0) is 24.6 Å². The van der Waals surface area contributed by atoms with Crippen LogP contribution in [-0.2, 0) is 6.18 Å². The van der Waals surface area contributed by atoms with E-state index in [0.29, 0.717) is 11.3 Å². The van der Waals surface area contributed by atoms with E-state index in [9.17, 15) is 13.2 Å². The standard InChI is InChI=1S/C14H14ClF3N2OS2/c15-10-2-1-8(14(16,17)18)3-11(10)23-12(4-9(19)6-21)13-5-20-7-22-13/h1-3,5,7,9,12,21H,4,6,19H2/t9-,12+/m0/s1. The van der Waals surface area contributed by atoms with Gasteiger partial charge in [0.25, 0.3) is 0 Å². The normalized spacial score (nSPS) is 14.7. The van der Waals surface area contributed by atoms with Crippen LogP contribution in [0.3, 0.4) is 0 Å². The third-order valence-electron chi connectivity index (χ3n) is 3.05. The maximum absolute atomic E-state index is 12.9. The Morgan fingerprint density at radius 3 is 2.70 bits per heavy atom. The van der Waals surface area contributed by atoms with Gasteiger partial charge in [0.15, 0.2) is 0 Å². The number of hydrogen-bond acceptors (Lipinski definition) is 5. The second-order valence-corrected chi connectivity index (χ2v) is 7.40. The lowest BCUT2D eigenvalue weighted by atomic mass is 10.1. The van der Waals surface area contributed by atoms with Crippen LogP contribution in [0, 0.1) is 0 Å². The van der Waals surface area contributed by atoms with Crippen LogP contribution in [-0.4, -0.2) is 22.7 Å². The van der Waals surface area contributed by atoms with E-state index in [1.54, 1.807) is 11.7 Å². The first-order chi connectivity index (χ1) is 10.8. The molecular weight excluding hydrogens is 369 g/mol. The Bertz CT molecular complexity index is 637. The molecule has 1 aromatic heterocycles. The van der Waals surface area contributed by atoms with Crippen molar-refractivity contribution in [3.63, 3.8) is 0 Å². The number of nitrogens with zero attached hydrogens (tertiary/aromatic N) is 1. The summed E-state index contributed by atoms with van der Waals surface area (Å²) in [6.07, 6.45) is -2.38. The molecular formula is C14H14ClF3N2OS2. The molecule has 3 nitrogen and oxygen atoms in total. The van der Waals surface area contributed by atoms with E-state index in [2.05, 4.69) is 4.98 Å². The van der Waals surface area contributed by atoms with Gasteiger partial charge in [-0.25, -0.2) is 0 Å². The predicted octanol–water partition coefficient (Wildman–Crippen LogP) is 4.36. The van der Waals surface area contributed by atoms with E-state index >= 15 is 0 Å². The molecule has 9 heteroatoms. The fourth-order valence-electron chi connectivity index (χ4n) is 1.88. The minimum atomic E-state index is -4.43. The first-order valence-electron chi connectivity index (χ1n) is 6.59. The maximum atomic E-state index is 12.9. The third-order valence-corrected chi connectivity index (χ3v) is 5.85. The fraction of sp³-hybridized carbons (Fsp3) is 0.357. The highest BCUT2D eigenvalue weighted by atomic mass is 35.5. The molecule has 23 heavy (non-hydrogen) atoms. The number of thiazole rings is 1. The number of benzene rings is 1. The van der Waals surface area contributed by atoms with Gasteiger partial charge in [-0.1, -0.05) is 11.6 Å². The lowest BCUT2D eigenvalue weighted by molar-refractivity contribution is -0.137. The highest BCUT2D eigenvalue weighted by Gasteiger charge is 2.31. The van der Waals surface area contributed by atoms with Crippen molar-refractivity contribution in [2.24, 2.45) is 5.73 Å². The Labute approximate surface area is 144 Å². The smallest absolute Gasteiger partial charge is 0.395 e. The zero-order valence-electron chi connectivity index (χ0n) is 11.8. The van der Waals surface area contributed by atoms with Crippen molar-refractivity contribution in [2.75, 3.05) is 6.61 Å². The van der Waals surface area contributed by atoms with Crippen LogP contribution in [0.2, 0.25) is 5.02 Å². The molecule has 0 aliphatic carbocycles. The molecule has 2 rings (SSSR count). The highest BCUT2D eigenvalue weighted by Crippen LogP contribution is 2.44. The van der Waals surface area contributed by atoms with E-state index in [0.717, 1.165) is 17.0 Å². The number of aromatic nitrogens is 1. The van der Waals surface area contributed by atoms with Crippen molar-refractivity contribution in [1.29, 1.82) is 0 Å². The summed E-state index contributed by atoms with van der Waals surface area (Å²) in [5.74, 6) is 0. The topological polar surface area (TPSA) is 59.1 Å². The lowest BCUT2D eigenvalue weighted by Gasteiger charge is -2.19. The minimum Gasteiger partial charge on any atom is -0.395 e. The van der Waals surface area contributed by atoms with Crippen molar-refractivity contribution in [3.8, 4) is 0 Å². The summed E-state index contributed by atoms with van der Waals surface area (Å²) >= 11 is 8.62. The molecule has 1 aromatic carbocycles. The number of aliphatic hydroxyl groups excluding tert-OH is 1. The Morgan fingerprint density at radius 1 is 1.39 bits per heavy atom. The van der Waals surface area contributed by atoms with Crippen LogP contribution in [0.15, 0.2) is 34.8 Å². The number of halogens is 4. The quantitative estimate of drug-likeness (QED) is 0.729. The second-order valence-electron chi connectivity index (χ2n) is 4.83. The summed E-state index contributed by atoms with van der Waals surface area (Å²) in [5.41, 5.74) is 6.67. The van der Waals surface area contributed by atoms with Gasteiger partial charge in [0.05, 0.1) is 22.7 Å². The monoisotopic (exact) mass is 382 g/mol. The average molecular weight is 383 g/mol. The molecule has 0 aliphatic rings. The molecule has 0 amide bonds. The van der Waals surface area contributed by atoms with Gasteiger partial charge in [0, 0.05) is 27.3 Å². The van der Waals surface area contributed by atoms with Crippen LogP contribution in [0.4, 0.5) is 13.2 Å². The van der Waals surface area contributed by atoms with Crippen molar-refractivity contribution in [1.82, 2.24) is 4.98 Å². The summed E-state index contributed by atoms with van der Waals surface area (Å²) in [4.78, 5) is 5.18. The first kappa shape index (κ1) is 18.5. The summed E-state index contributed by atoms with van der Waals surface area (Å²) in [6.45, 7) is -0.202. The molecule has 0 spiro atoms. The largest absolute Gasteiger partial charge is 0.416 e. The molecule has 2 aromatic rings. The zero-order chi connectivity index (χ0) is 17.0. The van der Waals surface area contributed by atoms with E-state index in [1.165, 1.54) is 29.2 Å². The number of rotatable bonds is 6. The number of nitrogens with two attached hydrogens (primary N) is 1. The van der Waals surface area contributed by atoms with Gasteiger partial charge < -0.3 is 10.8 Å². The molecule has 0 bridgehead atoms. The minimum absolute atomic E-state index is 0.202. The summed E-state index contributed by atoms with van der Waals surface area (Å²) in [6, 6.07) is 2.75. The molecule has 3 N–H and O–H groups in total. The first-order valence-corrected chi connectivity index (χ1v) is 8.73. The van der Waals surface area contributed by atoms with Gasteiger partial charge in [-0.15, -0.1) is 23.1 Å². The van der Waals surface area contributed by atoms with Crippen LogP contribution in [0.5, 0.6) is 0 Å².